The molecule has 0 radical (unpaired) electrons. The molecule has 4 rings (SSSR count). The Hall–Kier alpha value is -1.93. The summed E-state index contributed by atoms with van der Waals surface area (Å²) in [5.74, 6) is 0. The lowest BCUT2D eigenvalue weighted by Gasteiger charge is -2.28. The summed E-state index contributed by atoms with van der Waals surface area (Å²) in [6.07, 6.45) is 6.20. The van der Waals surface area contributed by atoms with Gasteiger partial charge < -0.3 is 15.1 Å². The molecular formula is C15H19N5O2S. The number of urea groups is 1. The van der Waals surface area contributed by atoms with E-state index in [-0.39, 0.29) is 29.4 Å². The maximum absolute atomic E-state index is 12.7. The largest absolute Gasteiger partial charge is 0.322 e. The van der Waals surface area contributed by atoms with E-state index in [1.54, 1.807) is 11.6 Å². The smallest absolute Gasteiger partial charge is 0.317 e. The van der Waals surface area contributed by atoms with E-state index in [9.17, 15) is 9.59 Å². The van der Waals surface area contributed by atoms with Gasteiger partial charge in [-0.2, -0.15) is 0 Å². The van der Waals surface area contributed by atoms with Crippen molar-refractivity contribution in [3.8, 4) is 0 Å². The number of hydrogen-bond acceptors (Lipinski definition) is 5. The molecule has 2 bridgehead atoms. The van der Waals surface area contributed by atoms with Crippen LogP contribution < -0.4 is 10.9 Å². The second-order valence-corrected chi connectivity index (χ2v) is 7.18. The van der Waals surface area contributed by atoms with Crippen molar-refractivity contribution in [3.63, 3.8) is 0 Å². The number of rotatable bonds is 1. The number of aromatic nitrogens is 2. The summed E-state index contributed by atoms with van der Waals surface area (Å²) in [6.45, 7) is 1.90. The second kappa shape index (κ2) is 5.61. The van der Waals surface area contributed by atoms with Crippen LogP contribution in [0.25, 0.3) is 4.96 Å². The van der Waals surface area contributed by atoms with E-state index in [0.29, 0.717) is 4.96 Å². The van der Waals surface area contributed by atoms with E-state index < -0.39 is 0 Å². The van der Waals surface area contributed by atoms with E-state index in [1.807, 2.05) is 4.90 Å². The van der Waals surface area contributed by atoms with Gasteiger partial charge in [0.15, 0.2) is 4.96 Å². The molecule has 2 amide bonds. The Balaban J connectivity index is 1.59. The minimum Gasteiger partial charge on any atom is -0.317 e. The number of carbonyl (C=O) groups is 1. The third kappa shape index (κ3) is 2.51. The maximum atomic E-state index is 12.7. The van der Waals surface area contributed by atoms with Crippen molar-refractivity contribution in [1.82, 2.24) is 19.2 Å². The van der Waals surface area contributed by atoms with Crippen molar-refractivity contribution in [2.45, 2.75) is 31.3 Å². The Morgan fingerprint density at radius 3 is 3.04 bits per heavy atom. The van der Waals surface area contributed by atoms with Crippen LogP contribution in [0.4, 0.5) is 10.5 Å². The van der Waals surface area contributed by atoms with Gasteiger partial charge in [0.25, 0.3) is 5.56 Å². The third-order valence-corrected chi connectivity index (χ3v) is 5.58. The fourth-order valence-electron chi connectivity index (χ4n) is 3.67. The molecule has 122 valence electrons. The van der Waals surface area contributed by atoms with E-state index in [1.165, 1.54) is 21.9 Å². The molecule has 7 nitrogen and oxygen atoms in total. The number of nitrogens with one attached hydrogen (secondary N) is 1. The lowest BCUT2D eigenvalue weighted by molar-refractivity contribution is 0.186. The molecule has 0 unspecified atom stereocenters. The van der Waals surface area contributed by atoms with Crippen molar-refractivity contribution < 1.29 is 4.79 Å². The SMILES string of the molecule is CN1CC[C@H]2CC[C@@H](C1)N2C(=O)Nc1cnc2sccn2c1=O. The first-order valence-corrected chi connectivity index (χ1v) is 8.74. The molecule has 2 aromatic rings. The van der Waals surface area contributed by atoms with Crippen molar-refractivity contribution in [3.05, 3.63) is 28.1 Å². The minimum atomic E-state index is -0.233. The van der Waals surface area contributed by atoms with Crippen molar-refractivity contribution in [2.75, 3.05) is 25.5 Å². The Morgan fingerprint density at radius 2 is 2.17 bits per heavy atom. The standard InChI is InChI=1S/C15H19N5O2S/c1-18-5-4-10-2-3-11(9-18)20(10)14(22)17-12-8-16-15-19(13(12)21)6-7-23-15/h6-8,10-11H,2-5,9H2,1H3,(H,17,22)/t10-,11+/m1/s1. The zero-order valence-corrected chi connectivity index (χ0v) is 13.8. The first-order valence-electron chi connectivity index (χ1n) is 7.86. The average molecular weight is 333 g/mol. The van der Waals surface area contributed by atoms with Gasteiger partial charge >= 0.3 is 6.03 Å². The number of fused-ring (bicyclic) bond motifs is 3. The molecule has 0 spiro atoms. The van der Waals surface area contributed by atoms with Gasteiger partial charge in [0.05, 0.1) is 6.20 Å². The summed E-state index contributed by atoms with van der Waals surface area (Å²) < 4.78 is 1.46. The van der Waals surface area contributed by atoms with E-state index >= 15 is 0 Å². The van der Waals surface area contributed by atoms with Gasteiger partial charge in [-0.05, 0) is 32.9 Å². The molecule has 2 aliphatic rings. The van der Waals surface area contributed by atoms with Crippen LogP contribution in [0.3, 0.4) is 0 Å². The zero-order chi connectivity index (χ0) is 16.0. The average Bonchev–Trinajstić information content (AvgIpc) is 3.10. The first-order chi connectivity index (χ1) is 11.1. The zero-order valence-electron chi connectivity index (χ0n) is 12.9. The van der Waals surface area contributed by atoms with Crippen LogP contribution in [0.1, 0.15) is 19.3 Å². The highest BCUT2D eigenvalue weighted by atomic mass is 32.1. The summed E-state index contributed by atoms with van der Waals surface area (Å²) in [4.78, 5) is 34.2. The summed E-state index contributed by atoms with van der Waals surface area (Å²) in [5, 5.41) is 4.59. The molecule has 0 aromatic carbocycles. The molecule has 8 heteroatoms. The van der Waals surface area contributed by atoms with Crippen LogP contribution in [0.5, 0.6) is 0 Å². The minimum absolute atomic E-state index is 0.179. The van der Waals surface area contributed by atoms with Crippen molar-refractivity contribution in [1.29, 1.82) is 0 Å². The van der Waals surface area contributed by atoms with Gasteiger partial charge in [-0.1, -0.05) is 0 Å². The third-order valence-electron chi connectivity index (χ3n) is 4.81. The molecule has 23 heavy (non-hydrogen) atoms. The Bertz CT molecular complexity index is 801. The number of likely N-dealkylation sites (N-methyl/N-ethyl adjacent to an activating group) is 1. The predicted octanol–water partition coefficient (Wildman–Crippen LogP) is 1.46. The molecule has 0 saturated carbocycles. The number of amides is 2. The maximum Gasteiger partial charge on any atom is 0.322 e. The monoisotopic (exact) mass is 333 g/mol. The molecule has 2 fully saturated rings. The molecule has 2 aliphatic heterocycles. The fourth-order valence-corrected chi connectivity index (χ4v) is 4.34. The van der Waals surface area contributed by atoms with Crippen LogP contribution in [0.15, 0.2) is 22.6 Å². The van der Waals surface area contributed by atoms with E-state index in [4.69, 9.17) is 0 Å². The number of carbonyl (C=O) groups excluding carboxylic acids is 1. The van der Waals surface area contributed by atoms with Crippen molar-refractivity contribution in [2.24, 2.45) is 0 Å². The molecule has 2 saturated heterocycles. The van der Waals surface area contributed by atoms with Crippen molar-refractivity contribution >= 4 is 28.0 Å². The van der Waals surface area contributed by atoms with E-state index in [0.717, 1.165) is 32.4 Å². The number of likely N-dealkylation sites (tertiary alicyclic amines) is 1. The molecular weight excluding hydrogens is 314 g/mol. The molecule has 2 aromatic heterocycles. The summed E-state index contributed by atoms with van der Waals surface area (Å²) in [6, 6.07) is 0.320. The van der Waals surface area contributed by atoms with Crippen LogP contribution >= 0.6 is 11.3 Å². The van der Waals surface area contributed by atoms with Gasteiger partial charge in [0.1, 0.15) is 5.69 Å². The Morgan fingerprint density at radius 1 is 1.35 bits per heavy atom. The van der Waals surface area contributed by atoms with Gasteiger partial charge in [-0.3, -0.25) is 9.20 Å². The topological polar surface area (TPSA) is 69.9 Å². The summed E-state index contributed by atoms with van der Waals surface area (Å²) >= 11 is 1.39. The lowest BCUT2D eigenvalue weighted by Crippen LogP contribution is -2.45. The molecule has 0 aliphatic carbocycles. The summed E-state index contributed by atoms with van der Waals surface area (Å²) in [7, 11) is 2.09. The van der Waals surface area contributed by atoms with Gasteiger partial charge in [0, 0.05) is 30.2 Å². The number of nitrogens with zero attached hydrogens (tertiary/aromatic N) is 4. The Labute approximate surface area is 137 Å². The van der Waals surface area contributed by atoms with Crippen LogP contribution in [-0.2, 0) is 0 Å². The molecule has 1 N–H and O–H groups in total. The van der Waals surface area contributed by atoms with Crippen LogP contribution in [-0.4, -0.2) is 57.4 Å². The highest BCUT2D eigenvalue weighted by Crippen LogP contribution is 2.30. The predicted molar refractivity (Wildman–Crippen MR) is 89.1 cm³/mol. The fraction of sp³-hybridized carbons (Fsp3) is 0.533. The molecule has 2 atom stereocenters. The van der Waals surface area contributed by atoms with Gasteiger partial charge in [-0.25, -0.2) is 9.78 Å². The highest BCUT2D eigenvalue weighted by molar-refractivity contribution is 7.15. The highest BCUT2D eigenvalue weighted by Gasteiger charge is 2.39. The van der Waals surface area contributed by atoms with Crippen LogP contribution in [0, 0.1) is 0 Å². The molecule has 4 heterocycles. The lowest BCUT2D eigenvalue weighted by atomic mass is 10.1. The summed E-state index contributed by atoms with van der Waals surface area (Å²) in [5.41, 5.74) is 0.00629. The quantitative estimate of drug-likeness (QED) is 0.858. The number of thiazole rings is 1. The normalized spacial score (nSPS) is 24.8. The second-order valence-electron chi connectivity index (χ2n) is 6.31. The Kier molecular flexibility index (Phi) is 3.57. The van der Waals surface area contributed by atoms with E-state index in [2.05, 4.69) is 22.2 Å². The number of anilines is 1. The van der Waals surface area contributed by atoms with Gasteiger partial charge in [0.2, 0.25) is 0 Å². The first kappa shape index (κ1) is 14.6. The van der Waals surface area contributed by atoms with Crippen LogP contribution in [0.2, 0.25) is 0 Å². The number of hydrogen-bond donors (Lipinski definition) is 1. The van der Waals surface area contributed by atoms with Gasteiger partial charge in [-0.15, -0.1) is 11.3 Å².